The summed E-state index contributed by atoms with van der Waals surface area (Å²) in [5.74, 6) is -0.693. The Morgan fingerprint density at radius 1 is 1.19 bits per heavy atom. The SMILES string of the molecule is CSc1cccc(NC(=O)COC(=O)C2(c3ccc(Cl)cc3)CCC2)c1. The van der Waals surface area contributed by atoms with Gasteiger partial charge in [0.05, 0.1) is 5.41 Å². The minimum atomic E-state index is -0.649. The Morgan fingerprint density at radius 2 is 1.92 bits per heavy atom. The third-order valence-electron chi connectivity index (χ3n) is 4.68. The monoisotopic (exact) mass is 389 g/mol. The maximum Gasteiger partial charge on any atom is 0.317 e. The fourth-order valence-electron chi connectivity index (χ4n) is 3.08. The summed E-state index contributed by atoms with van der Waals surface area (Å²) in [4.78, 5) is 25.8. The van der Waals surface area contributed by atoms with Crippen LogP contribution in [0.4, 0.5) is 5.69 Å². The minimum absolute atomic E-state index is 0.294. The molecule has 1 aliphatic rings. The summed E-state index contributed by atoms with van der Waals surface area (Å²) in [6, 6.07) is 14.8. The second-order valence-corrected chi connectivity index (χ2v) is 7.61. The minimum Gasteiger partial charge on any atom is -0.455 e. The molecule has 1 N–H and O–H groups in total. The smallest absolute Gasteiger partial charge is 0.317 e. The van der Waals surface area contributed by atoms with Crippen LogP contribution in [0.1, 0.15) is 24.8 Å². The van der Waals surface area contributed by atoms with Crippen molar-refractivity contribution in [1.82, 2.24) is 0 Å². The lowest BCUT2D eigenvalue weighted by atomic mass is 9.64. The fourth-order valence-corrected chi connectivity index (χ4v) is 3.66. The predicted octanol–water partition coefficient (Wildman–Crippen LogP) is 4.67. The van der Waals surface area contributed by atoms with E-state index in [0.29, 0.717) is 10.7 Å². The van der Waals surface area contributed by atoms with Gasteiger partial charge in [-0.3, -0.25) is 9.59 Å². The molecule has 2 aromatic rings. The number of hydrogen-bond acceptors (Lipinski definition) is 4. The Morgan fingerprint density at radius 3 is 2.54 bits per heavy atom. The van der Waals surface area contributed by atoms with E-state index < -0.39 is 5.41 Å². The van der Waals surface area contributed by atoms with E-state index in [2.05, 4.69) is 5.32 Å². The first-order chi connectivity index (χ1) is 12.5. The molecule has 6 heteroatoms. The molecule has 0 spiro atoms. The molecule has 0 atom stereocenters. The van der Waals surface area contributed by atoms with Crippen molar-refractivity contribution in [3.63, 3.8) is 0 Å². The van der Waals surface area contributed by atoms with Gasteiger partial charge >= 0.3 is 5.97 Å². The molecule has 1 fully saturated rings. The molecule has 0 aromatic heterocycles. The quantitative estimate of drug-likeness (QED) is 0.576. The topological polar surface area (TPSA) is 55.4 Å². The van der Waals surface area contributed by atoms with Crippen molar-refractivity contribution in [2.45, 2.75) is 29.6 Å². The van der Waals surface area contributed by atoms with Gasteiger partial charge in [0.15, 0.2) is 6.61 Å². The molecule has 0 bridgehead atoms. The number of hydrogen-bond donors (Lipinski definition) is 1. The standard InChI is InChI=1S/C20H20ClNO3S/c1-26-17-5-2-4-16(12-17)22-18(23)13-25-19(24)20(10-3-11-20)14-6-8-15(21)9-7-14/h2,4-9,12H,3,10-11,13H2,1H3,(H,22,23). The Bertz CT molecular complexity index is 803. The summed E-state index contributed by atoms with van der Waals surface area (Å²) in [5, 5.41) is 3.39. The normalized spacial score (nSPS) is 15.0. The van der Waals surface area contributed by atoms with Crippen LogP contribution in [0.2, 0.25) is 5.02 Å². The average molecular weight is 390 g/mol. The van der Waals surface area contributed by atoms with Gasteiger partial charge in [-0.2, -0.15) is 0 Å². The van der Waals surface area contributed by atoms with Crippen LogP contribution in [-0.2, 0) is 19.7 Å². The van der Waals surface area contributed by atoms with Gasteiger partial charge in [-0.1, -0.05) is 36.2 Å². The Balaban J connectivity index is 1.60. The van der Waals surface area contributed by atoms with E-state index in [1.165, 1.54) is 0 Å². The molecule has 0 unspecified atom stereocenters. The first-order valence-electron chi connectivity index (χ1n) is 8.41. The first-order valence-corrected chi connectivity index (χ1v) is 10.0. The molecule has 26 heavy (non-hydrogen) atoms. The molecule has 0 radical (unpaired) electrons. The third kappa shape index (κ3) is 4.05. The van der Waals surface area contributed by atoms with Crippen molar-refractivity contribution in [2.75, 3.05) is 18.2 Å². The van der Waals surface area contributed by atoms with Gasteiger partial charge in [-0.05, 0) is 55.0 Å². The van der Waals surface area contributed by atoms with Crippen LogP contribution in [-0.4, -0.2) is 24.7 Å². The van der Waals surface area contributed by atoms with Crippen molar-refractivity contribution >= 4 is 40.9 Å². The fraction of sp³-hybridized carbons (Fsp3) is 0.300. The third-order valence-corrected chi connectivity index (χ3v) is 5.66. The van der Waals surface area contributed by atoms with E-state index in [1.54, 1.807) is 30.0 Å². The highest BCUT2D eigenvalue weighted by Crippen LogP contribution is 2.45. The molecule has 136 valence electrons. The van der Waals surface area contributed by atoms with Crippen molar-refractivity contribution in [2.24, 2.45) is 0 Å². The summed E-state index contributed by atoms with van der Waals surface area (Å²) in [7, 11) is 0. The summed E-state index contributed by atoms with van der Waals surface area (Å²) in [6.45, 7) is -0.294. The molecule has 1 amide bonds. The van der Waals surface area contributed by atoms with Crippen LogP contribution in [0, 0.1) is 0 Å². The van der Waals surface area contributed by atoms with E-state index in [9.17, 15) is 9.59 Å². The number of nitrogens with one attached hydrogen (secondary N) is 1. The van der Waals surface area contributed by atoms with E-state index in [0.717, 1.165) is 29.7 Å². The molecule has 2 aromatic carbocycles. The number of thioether (sulfide) groups is 1. The number of benzene rings is 2. The van der Waals surface area contributed by atoms with Crippen LogP contribution in [0.3, 0.4) is 0 Å². The van der Waals surface area contributed by atoms with Crippen molar-refractivity contribution in [1.29, 1.82) is 0 Å². The van der Waals surface area contributed by atoms with Gasteiger partial charge in [0.25, 0.3) is 5.91 Å². The first kappa shape index (κ1) is 18.8. The highest BCUT2D eigenvalue weighted by atomic mass is 35.5. The van der Waals surface area contributed by atoms with Gasteiger partial charge in [-0.25, -0.2) is 0 Å². The number of rotatable bonds is 6. The molecule has 1 saturated carbocycles. The van der Waals surface area contributed by atoms with Gasteiger partial charge in [0, 0.05) is 15.6 Å². The number of amides is 1. The maximum absolute atomic E-state index is 12.7. The van der Waals surface area contributed by atoms with Gasteiger partial charge in [0.1, 0.15) is 0 Å². The molecule has 0 heterocycles. The Labute approximate surface area is 162 Å². The van der Waals surface area contributed by atoms with Crippen LogP contribution in [0.15, 0.2) is 53.4 Å². The van der Waals surface area contributed by atoms with Crippen LogP contribution >= 0.6 is 23.4 Å². The predicted molar refractivity (Wildman–Crippen MR) is 105 cm³/mol. The van der Waals surface area contributed by atoms with Gasteiger partial charge in [0.2, 0.25) is 0 Å². The van der Waals surface area contributed by atoms with E-state index in [-0.39, 0.29) is 18.5 Å². The zero-order valence-electron chi connectivity index (χ0n) is 14.5. The second kappa shape index (κ2) is 8.14. The number of halogens is 1. The van der Waals surface area contributed by atoms with E-state index in [4.69, 9.17) is 16.3 Å². The van der Waals surface area contributed by atoms with E-state index in [1.807, 2.05) is 36.6 Å². The number of ether oxygens (including phenoxy) is 1. The molecule has 0 aliphatic heterocycles. The Kier molecular flexibility index (Phi) is 5.89. The highest BCUT2D eigenvalue weighted by molar-refractivity contribution is 7.98. The zero-order chi connectivity index (χ0) is 18.6. The largest absolute Gasteiger partial charge is 0.455 e. The van der Waals surface area contributed by atoms with Gasteiger partial charge < -0.3 is 10.1 Å². The molecular formula is C20H20ClNO3S. The lowest BCUT2D eigenvalue weighted by molar-refractivity contribution is -0.156. The summed E-state index contributed by atoms with van der Waals surface area (Å²) in [5.41, 5.74) is 0.934. The Hall–Kier alpha value is -1.98. The number of esters is 1. The molecule has 3 rings (SSSR count). The number of carbonyl (C=O) groups is 2. The number of anilines is 1. The number of carbonyl (C=O) groups excluding carboxylic acids is 2. The summed E-state index contributed by atoms with van der Waals surface area (Å²) >= 11 is 7.53. The van der Waals surface area contributed by atoms with Crippen molar-refractivity contribution < 1.29 is 14.3 Å². The summed E-state index contributed by atoms with van der Waals surface area (Å²) in [6.07, 6.45) is 4.39. The molecular weight excluding hydrogens is 370 g/mol. The maximum atomic E-state index is 12.7. The lowest BCUT2D eigenvalue weighted by Gasteiger charge is -2.39. The van der Waals surface area contributed by atoms with E-state index >= 15 is 0 Å². The summed E-state index contributed by atoms with van der Waals surface area (Å²) < 4.78 is 5.34. The average Bonchev–Trinajstić information content (AvgIpc) is 2.61. The van der Waals surface area contributed by atoms with Crippen LogP contribution < -0.4 is 5.32 Å². The van der Waals surface area contributed by atoms with Crippen molar-refractivity contribution in [3.05, 3.63) is 59.1 Å². The lowest BCUT2D eigenvalue weighted by Crippen LogP contribution is -2.44. The highest BCUT2D eigenvalue weighted by Gasteiger charge is 2.47. The van der Waals surface area contributed by atoms with Gasteiger partial charge in [-0.15, -0.1) is 11.8 Å². The zero-order valence-corrected chi connectivity index (χ0v) is 16.0. The molecule has 0 saturated heterocycles. The second-order valence-electron chi connectivity index (χ2n) is 6.30. The van der Waals surface area contributed by atoms with Crippen LogP contribution in [0.5, 0.6) is 0 Å². The molecule has 1 aliphatic carbocycles. The molecule has 4 nitrogen and oxygen atoms in total. The van der Waals surface area contributed by atoms with Crippen molar-refractivity contribution in [3.8, 4) is 0 Å². The van der Waals surface area contributed by atoms with Crippen LogP contribution in [0.25, 0.3) is 0 Å².